The molecule has 0 aliphatic heterocycles. The Balaban J connectivity index is 2.28. The lowest BCUT2D eigenvalue weighted by Crippen LogP contribution is -2.63. The molecular weight excluding hydrogens is 244 g/mol. The molecule has 1 aliphatic rings. The Morgan fingerprint density at radius 1 is 1.42 bits per heavy atom. The Hall–Kier alpha value is -0.650. The van der Waals surface area contributed by atoms with Crippen molar-refractivity contribution in [2.24, 2.45) is 5.41 Å². The van der Waals surface area contributed by atoms with E-state index in [0.717, 1.165) is 19.4 Å². The second kappa shape index (κ2) is 7.82. The largest absolute Gasteiger partial charge is 0.383 e. The molecule has 0 bridgehead atoms. The van der Waals surface area contributed by atoms with E-state index in [-0.39, 0.29) is 11.3 Å². The van der Waals surface area contributed by atoms with Crippen molar-refractivity contribution in [2.45, 2.75) is 45.8 Å². The molecule has 1 fully saturated rings. The summed E-state index contributed by atoms with van der Waals surface area (Å²) in [6.45, 7) is 8.67. The molecule has 0 heterocycles. The van der Waals surface area contributed by atoms with E-state index in [1.54, 1.807) is 7.11 Å². The van der Waals surface area contributed by atoms with Gasteiger partial charge in [0.2, 0.25) is 5.91 Å². The Bertz CT molecular complexity index is 286. The molecule has 1 aliphatic carbocycles. The molecular formula is C14H28N2O3. The van der Waals surface area contributed by atoms with Crippen molar-refractivity contribution in [3.05, 3.63) is 0 Å². The van der Waals surface area contributed by atoms with E-state index >= 15 is 0 Å². The molecule has 0 aromatic heterocycles. The zero-order valence-corrected chi connectivity index (χ0v) is 12.6. The average molecular weight is 272 g/mol. The minimum absolute atomic E-state index is 0.0235. The molecule has 112 valence electrons. The molecule has 2 N–H and O–H groups in total. The van der Waals surface area contributed by atoms with Crippen LogP contribution in [0.15, 0.2) is 0 Å². The smallest absolute Gasteiger partial charge is 0.234 e. The lowest BCUT2D eigenvalue weighted by atomic mass is 9.61. The summed E-state index contributed by atoms with van der Waals surface area (Å²) < 4.78 is 10.6. The van der Waals surface area contributed by atoms with Gasteiger partial charge >= 0.3 is 0 Å². The van der Waals surface area contributed by atoms with Crippen LogP contribution in [0, 0.1) is 5.41 Å². The van der Waals surface area contributed by atoms with Crippen LogP contribution in [0.25, 0.3) is 0 Å². The Labute approximate surface area is 116 Å². The number of hydrogen-bond donors (Lipinski definition) is 2. The van der Waals surface area contributed by atoms with Crippen molar-refractivity contribution in [3.63, 3.8) is 0 Å². The van der Waals surface area contributed by atoms with E-state index in [1.165, 1.54) is 0 Å². The van der Waals surface area contributed by atoms with Crippen LogP contribution < -0.4 is 10.6 Å². The van der Waals surface area contributed by atoms with Gasteiger partial charge in [-0.25, -0.2) is 0 Å². The summed E-state index contributed by atoms with van der Waals surface area (Å²) in [6, 6.07) is 0.363. The highest BCUT2D eigenvalue weighted by Gasteiger charge is 2.50. The van der Waals surface area contributed by atoms with Crippen molar-refractivity contribution in [1.29, 1.82) is 0 Å². The van der Waals surface area contributed by atoms with Gasteiger partial charge in [-0.2, -0.15) is 0 Å². The maximum Gasteiger partial charge on any atom is 0.234 e. The number of amides is 1. The number of carbonyl (C=O) groups excluding carboxylic acids is 1. The number of carbonyl (C=O) groups is 1. The number of ether oxygens (including phenoxy) is 2. The normalized spacial score (nSPS) is 29.9. The van der Waals surface area contributed by atoms with Crippen LogP contribution in [-0.4, -0.2) is 51.5 Å². The molecule has 5 nitrogen and oxygen atoms in total. The molecule has 1 rings (SSSR count). The Morgan fingerprint density at radius 2 is 2.16 bits per heavy atom. The van der Waals surface area contributed by atoms with Gasteiger partial charge in [-0.15, -0.1) is 0 Å². The fraction of sp³-hybridized carbons (Fsp3) is 0.929. The second-order valence-corrected chi connectivity index (χ2v) is 5.32. The Kier molecular flexibility index (Phi) is 6.75. The molecule has 0 radical (unpaired) electrons. The van der Waals surface area contributed by atoms with Gasteiger partial charge in [-0.3, -0.25) is 4.79 Å². The van der Waals surface area contributed by atoms with Crippen LogP contribution >= 0.6 is 0 Å². The van der Waals surface area contributed by atoms with E-state index < -0.39 is 0 Å². The first-order valence-corrected chi connectivity index (χ1v) is 7.19. The van der Waals surface area contributed by atoms with Crippen LogP contribution in [-0.2, 0) is 14.3 Å². The third-order valence-electron chi connectivity index (χ3n) is 4.25. The van der Waals surface area contributed by atoms with Crippen LogP contribution in [0.1, 0.15) is 33.6 Å². The van der Waals surface area contributed by atoms with Gasteiger partial charge in [0.25, 0.3) is 0 Å². The Morgan fingerprint density at radius 3 is 2.74 bits per heavy atom. The quantitative estimate of drug-likeness (QED) is 0.613. The summed E-state index contributed by atoms with van der Waals surface area (Å²) >= 11 is 0. The summed E-state index contributed by atoms with van der Waals surface area (Å²) in [5, 5.41) is 6.15. The summed E-state index contributed by atoms with van der Waals surface area (Å²) in [7, 11) is 1.62. The highest BCUT2D eigenvalue weighted by atomic mass is 16.5. The first-order valence-electron chi connectivity index (χ1n) is 7.19. The molecule has 3 unspecified atom stereocenters. The predicted molar refractivity (Wildman–Crippen MR) is 75.1 cm³/mol. The van der Waals surface area contributed by atoms with Crippen molar-refractivity contribution in [1.82, 2.24) is 10.6 Å². The van der Waals surface area contributed by atoms with Crippen molar-refractivity contribution in [3.8, 4) is 0 Å². The molecule has 19 heavy (non-hydrogen) atoms. The van der Waals surface area contributed by atoms with Gasteiger partial charge in [-0.1, -0.05) is 13.8 Å². The second-order valence-electron chi connectivity index (χ2n) is 5.32. The summed E-state index contributed by atoms with van der Waals surface area (Å²) in [4.78, 5) is 11.6. The van der Waals surface area contributed by atoms with Gasteiger partial charge in [-0.05, 0) is 19.8 Å². The summed E-state index contributed by atoms with van der Waals surface area (Å²) in [6.07, 6.45) is 2.36. The lowest BCUT2D eigenvalue weighted by molar-refractivity contribution is -0.131. The van der Waals surface area contributed by atoms with E-state index in [1.807, 2.05) is 6.92 Å². The topological polar surface area (TPSA) is 59.6 Å². The number of hydrogen-bond acceptors (Lipinski definition) is 4. The highest BCUT2D eigenvalue weighted by Crippen LogP contribution is 2.45. The van der Waals surface area contributed by atoms with E-state index in [0.29, 0.717) is 31.8 Å². The molecule has 0 aromatic rings. The van der Waals surface area contributed by atoms with E-state index in [4.69, 9.17) is 9.47 Å². The molecule has 0 spiro atoms. The van der Waals surface area contributed by atoms with Gasteiger partial charge in [0.15, 0.2) is 0 Å². The highest BCUT2D eigenvalue weighted by molar-refractivity contribution is 5.78. The molecule has 0 saturated heterocycles. The van der Waals surface area contributed by atoms with Gasteiger partial charge in [0, 0.05) is 31.7 Å². The lowest BCUT2D eigenvalue weighted by Gasteiger charge is -2.53. The minimum Gasteiger partial charge on any atom is -0.383 e. The average Bonchev–Trinajstić information content (AvgIpc) is 2.41. The molecule has 3 atom stereocenters. The van der Waals surface area contributed by atoms with Crippen LogP contribution in [0.4, 0.5) is 0 Å². The zero-order valence-electron chi connectivity index (χ0n) is 12.6. The fourth-order valence-electron chi connectivity index (χ4n) is 2.64. The van der Waals surface area contributed by atoms with Crippen molar-refractivity contribution < 1.29 is 14.3 Å². The predicted octanol–water partition coefficient (Wildman–Crippen LogP) is 0.932. The number of nitrogens with one attached hydrogen (secondary N) is 2. The van der Waals surface area contributed by atoms with Crippen LogP contribution in [0.5, 0.6) is 0 Å². The summed E-state index contributed by atoms with van der Waals surface area (Å²) in [5.41, 5.74) is 0.142. The zero-order chi connectivity index (χ0) is 14.3. The molecule has 5 heteroatoms. The van der Waals surface area contributed by atoms with E-state index in [2.05, 4.69) is 24.5 Å². The maximum absolute atomic E-state index is 11.6. The van der Waals surface area contributed by atoms with E-state index in [9.17, 15) is 4.79 Å². The van der Waals surface area contributed by atoms with Gasteiger partial charge < -0.3 is 20.1 Å². The van der Waals surface area contributed by atoms with Crippen LogP contribution in [0.2, 0.25) is 0 Å². The fourth-order valence-corrected chi connectivity index (χ4v) is 2.64. The molecule has 1 amide bonds. The van der Waals surface area contributed by atoms with Gasteiger partial charge in [0.1, 0.15) is 0 Å². The van der Waals surface area contributed by atoms with Gasteiger partial charge in [0.05, 0.1) is 19.3 Å². The first-order chi connectivity index (χ1) is 9.08. The minimum atomic E-state index is 0.0235. The first kappa shape index (κ1) is 16.4. The van der Waals surface area contributed by atoms with Crippen LogP contribution in [0.3, 0.4) is 0 Å². The monoisotopic (exact) mass is 272 g/mol. The molecule has 0 aromatic carbocycles. The number of methoxy groups -OCH3 is 1. The third kappa shape index (κ3) is 4.16. The number of rotatable bonds is 9. The van der Waals surface area contributed by atoms with Crippen molar-refractivity contribution in [2.75, 3.05) is 33.4 Å². The third-order valence-corrected chi connectivity index (χ3v) is 4.25. The maximum atomic E-state index is 11.6. The SMILES string of the molecule is CCOC1CC(NCC(=O)NCCOC)C1(C)CC. The summed E-state index contributed by atoms with van der Waals surface area (Å²) in [5.74, 6) is 0.0235. The van der Waals surface area contributed by atoms with Crippen molar-refractivity contribution >= 4 is 5.91 Å². The molecule has 1 saturated carbocycles. The standard InChI is InChI=1S/C14H28N2O3/c1-5-14(3)11(9-12(14)19-6-2)16-10-13(17)15-7-8-18-4/h11-12,16H,5-10H2,1-4H3,(H,15,17).